The fourth-order valence-corrected chi connectivity index (χ4v) is 4.64. The minimum Gasteiger partial charge on any atom is -0.492 e. The van der Waals surface area contributed by atoms with Crippen LogP contribution in [0.3, 0.4) is 0 Å². The number of nitrogens with zero attached hydrogens (tertiary/aromatic N) is 3. The number of hydrogen-bond acceptors (Lipinski definition) is 7. The van der Waals surface area contributed by atoms with Crippen molar-refractivity contribution in [3.63, 3.8) is 0 Å². The van der Waals surface area contributed by atoms with E-state index >= 15 is 0 Å². The Morgan fingerprint density at radius 3 is 2.78 bits per heavy atom. The molecule has 2 aliphatic rings. The summed E-state index contributed by atoms with van der Waals surface area (Å²) in [5.41, 5.74) is 0.315. The van der Waals surface area contributed by atoms with Crippen LogP contribution in [0.15, 0.2) is 36.7 Å². The Balaban J connectivity index is 1.31. The summed E-state index contributed by atoms with van der Waals surface area (Å²) in [5.74, 6) is 2.02. The Bertz CT molecular complexity index is 900. The number of methoxy groups -OCH3 is 2. The van der Waals surface area contributed by atoms with Gasteiger partial charge in [-0.25, -0.2) is 0 Å². The third-order valence-corrected chi connectivity index (χ3v) is 6.45. The molecule has 2 aromatic heterocycles. The second-order valence-electron chi connectivity index (χ2n) is 8.42. The van der Waals surface area contributed by atoms with E-state index in [1.54, 1.807) is 24.5 Å². The Hall–Kier alpha value is -2.87. The first-order valence-corrected chi connectivity index (χ1v) is 11.2. The number of carbonyl (C=O) groups is 1. The molecule has 0 N–H and O–H groups in total. The fraction of sp³-hybridized carbons (Fsp3) is 0.542. The van der Waals surface area contributed by atoms with Gasteiger partial charge in [-0.3, -0.25) is 9.78 Å². The maximum atomic E-state index is 13.1. The highest BCUT2D eigenvalue weighted by Gasteiger charge is 2.41. The van der Waals surface area contributed by atoms with Crippen molar-refractivity contribution in [2.24, 2.45) is 5.92 Å². The molecule has 1 atom stereocenters. The van der Waals surface area contributed by atoms with Crippen LogP contribution in [0.4, 0.5) is 0 Å². The zero-order valence-corrected chi connectivity index (χ0v) is 18.8. The average Bonchev–Trinajstić information content (AvgIpc) is 2.84. The van der Waals surface area contributed by atoms with Gasteiger partial charge < -0.3 is 23.8 Å². The summed E-state index contributed by atoms with van der Waals surface area (Å²) < 4.78 is 22.5. The molecule has 4 rings (SSSR count). The van der Waals surface area contributed by atoms with Crippen molar-refractivity contribution in [2.45, 2.75) is 37.7 Å². The van der Waals surface area contributed by atoms with Crippen molar-refractivity contribution in [3.05, 3.63) is 42.2 Å². The first kappa shape index (κ1) is 22.3. The van der Waals surface area contributed by atoms with Crippen LogP contribution >= 0.6 is 0 Å². The Morgan fingerprint density at radius 1 is 1.22 bits per heavy atom. The molecule has 0 radical (unpaired) electrons. The lowest BCUT2D eigenvalue weighted by Crippen LogP contribution is -2.51. The number of rotatable bonds is 7. The highest BCUT2D eigenvalue weighted by molar-refractivity contribution is 5.96. The van der Waals surface area contributed by atoms with Crippen molar-refractivity contribution in [3.8, 4) is 17.5 Å². The largest absolute Gasteiger partial charge is 0.492 e. The maximum Gasteiger partial charge on any atom is 0.259 e. The maximum absolute atomic E-state index is 13.1. The Kier molecular flexibility index (Phi) is 7.09. The van der Waals surface area contributed by atoms with Gasteiger partial charge in [-0.05, 0) is 56.2 Å². The van der Waals surface area contributed by atoms with Crippen molar-refractivity contribution >= 4 is 5.91 Å². The van der Waals surface area contributed by atoms with Crippen LogP contribution in [0.5, 0.6) is 17.5 Å². The molecule has 0 aliphatic carbocycles. The molecule has 2 aromatic rings. The summed E-state index contributed by atoms with van der Waals surface area (Å²) in [4.78, 5) is 23.3. The molecule has 1 unspecified atom stereocenters. The molecule has 2 saturated heterocycles. The SMILES string of the molecule is COc1ccc(C(=O)N2CCC3(CC2)CC(CCOc2cccnc2)CCO3)c(OC)n1. The number of likely N-dealkylation sites (tertiary alicyclic amines) is 1. The lowest BCUT2D eigenvalue weighted by atomic mass is 9.78. The topological polar surface area (TPSA) is 83.0 Å². The molecule has 0 aromatic carbocycles. The predicted octanol–water partition coefficient (Wildman–Crippen LogP) is 3.36. The molecule has 1 spiro atoms. The molecule has 0 saturated carbocycles. The van der Waals surface area contributed by atoms with E-state index in [-0.39, 0.29) is 17.4 Å². The van der Waals surface area contributed by atoms with E-state index in [9.17, 15) is 4.79 Å². The van der Waals surface area contributed by atoms with Crippen LogP contribution in [0.2, 0.25) is 0 Å². The number of hydrogen-bond donors (Lipinski definition) is 0. The molecule has 32 heavy (non-hydrogen) atoms. The van der Waals surface area contributed by atoms with Gasteiger partial charge in [0.2, 0.25) is 11.8 Å². The number of pyridine rings is 2. The molecule has 8 heteroatoms. The number of piperidine rings is 1. The van der Waals surface area contributed by atoms with Crippen LogP contribution in [0.25, 0.3) is 0 Å². The average molecular weight is 442 g/mol. The first-order chi connectivity index (χ1) is 15.6. The van der Waals surface area contributed by atoms with E-state index in [4.69, 9.17) is 18.9 Å². The van der Waals surface area contributed by atoms with Gasteiger partial charge in [0, 0.05) is 32.0 Å². The van der Waals surface area contributed by atoms with Gasteiger partial charge >= 0.3 is 0 Å². The van der Waals surface area contributed by atoms with E-state index in [1.807, 2.05) is 17.0 Å². The minimum atomic E-state index is -0.143. The molecule has 2 aliphatic heterocycles. The van der Waals surface area contributed by atoms with Crippen molar-refractivity contribution < 1.29 is 23.7 Å². The second kappa shape index (κ2) is 10.2. The number of aromatic nitrogens is 2. The van der Waals surface area contributed by atoms with Gasteiger partial charge in [0.1, 0.15) is 11.3 Å². The minimum absolute atomic E-state index is 0.0657. The third-order valence-electron chi connectivity index (χ3n) is 6.45. The van der Waals surface area contributed by atoms with E-state index in [0.717, 1.165) is 44.5 Å². The van der Waals surface area contributed by atoms with Crippen LogP contribution in [-0.2, 0) is 4.74 Å². The zero-order chi connectivity index (χ0) is 22.4. The van der Waals surface area contributed by atoms with Gasteiger partial charge in [-0.1, -0.05) is 0 Å². The third kappa shape index (κ3) is 5.12. The highest BCUT2D eigenvalue weighted by Crippen LogP contribution is 2.39. The number of ether oxygens (including phenoxy) is 4. The molecular formula is C24H31N3O5. The summed E-state index contributed by atoms with van der Waals surface area (Å²) in [6.07, 6.45) is 8.22. The summed E-state index contributed by atoms with van der Waals surface area (Å²) >= 11 is 0. The van der Waals surface area contributed by atoms with Crippen molar-refractivity contribution in [1.29, 1.82) is 0 Å². The van der Waals surface area contributed by atoms with E-state index in [2.05, 4.69) is 9.97 Å². The molecule has 172 valence electrons. The lowest BCUT2D eigenvalue weighted by molar-refractivity contribution is -0.125. The van der Waals surface area contributed by atoms with Crippen LogP contribution < -0.4 is 14.2 Å². The quantitative estimate of drug-likeness (QED) is 0.651. The van der Waals surface area contributed by atoms with Gasteiger partial charge in [0.25, 0.3) is 5.91 Å². The van der Waals surface area contributed by atoms with Crippen LogP contribution in [0, 0.1) is 5.92 Å². The smallest absolute Gasteiger partial charge is 0.259 e. The van der Waals surface area contributed by atoms with Gasteiger partial charge in [0.15, 0.2) is 0 Å². The molecule has 4 heterocycles. The normalized spacial score (nSPS) is 20.1. The highest BCUT2D eigenvalue weighted by atomic mass is 16.5. The zero-order valence-electron chi connectivity index (χ0n) is 18.8. The predicted molar refractivity (Wildman–Crippen MR) is 118 cm³/mol. The van der Waals surface area contributed by atoms with E-state index < -0.39 is 0 Å². The molecule has 1 amide bonds. The first-order valence-electron chi connectivity index (χ1n) is 11.2. The van der Waals surface area contributed by atoms with Gasteiger partial charge in [0.05, 0.1) is 32.6 Å². The Labute approximate surface area is 188 Å². The second-order valence-corrected chi connectivity index (χ2v) is 8.42. The van der Waals surface area contributed by atoms with Crippen molar-refractivity contribution in [2.75, 3.05) is 40.5 Å². The summed E-state index contributed by atoms with van der Waals surface area (Å²) in [6, 6.07) is 7.21. The molecule has 0 bridgehead atoms. The lowest BCUT2D eigenvalue weighted by Gasteiger charge is -2.46. The molecule has 8 nitrogen and oxygen atoms in total. The molecular weight excluding hydrogens is 410 g/mol. The fourth-order valence-electron chi connectivity index (χ4n) is 4.64. The van der Waals surface area contributed by atoms with Crippen LogP contribution in [-0.4, -0.2) is 66.9 Å². The summed E-state index contributed by atoms with van der Waals surface area (Å²) in [6.45, 7) is 2.77. The number of amides is 1. The summed E-state index contributed by atoms with van der Waals surface area (Å²) in [5, 5.41) is 0. The van der Waals surface area contributed by atoms with Gasteiger partial charge in [-0.15, -0.1) is 0 Å². The monoisotopic (exact) mass is 441 g/mol. The van der Waals surface area contributed by atoms with Crippen LogP contribution in [0.1, 0.15) is 42.5 Å². The summed E-state index contributed by atoms with van der Waals surface area (Å²) in [7, 11) is 3.05. The number of carbonyl (C=O) groups excluding carboxylic acids is 1. The van der Waals surface area contributed by atoms with Crippen molar-refractivity contribution in [1.82, 2.24) is 14.9 Å². The Morgan fingerprint density at radius 2 is 2.06 bits per heavy atom. The van der Waals surface area contributed by atoms with E-state index in [1.165, 1.54) is 14.2 Å². The molecule has 2 fully saturated rings. The van der Waals surface area contributed by atoms with E-state index in [0.29, 0.717) is 37.1 Å². The van der Waals surface area contributed by atoms with Gasteiger partial charge in [-0.2, -0.15) is 4.98 Å². The standard InChI is InChI=1S/C24H31N3O5/c1-29-21-6-5-20(22(26-21)30-2)23(28)27-12-9-24(10-13-27)16-18(8-15-32-24)7-14-31-19-4-3-11-25-17-19/h3-6,11,17-18H,7-10,12-16H2,1-2H3.